The van der Waals surface area contributed by atoms with Crippen molar-refractivity contribution in [2.45, 2.75) is 26.5 Å². The molecule has 1 saturated heterocycles. The third-order valence-electron chi connectivity index (χ3n) is 4.36. The maximum Gasteiger partial charge on any atom is 0.373 e. The van der Waals surface area contributed by atoms with Crippen molar-refractivity contribution in [3.63, 3.8) is 0 Å². The molecule has 1 aliphatic rings. The maximum atomic E-state index is 12.8. The smallest absolute Gasteiger partial charge is 0.373 e. The Balaban J connectivity index is 1.72. The Morgan fingerprint density at radius 2 is 1.85 bits per heavy atom. The molecule has 12 heteroatoms. The lowest BCUT2D eigenvalue weighted by Gasteiger charge is -2.12. The van der Waals surface area contributed by atoms with Gasteiger partial charge in [-0.25, -0.2) is 14.4 Å². The summed E-state index contributed by atoms with van der Waals surface area (Å²) in [7, 11) is 1.22. The number of rotatable bonds is 8. The SMILES string of the molecule is COC(=O)c1ccc(CN2C(=O)N/C(=C\c3cc(I)c(OCC(=O)OC(C)C)c(I)c3)C2=O)o1. The second kappa shape index (κ2) is 11.2. The Bertz CT molecular complexity index is 1150. The van der Waals surface area contributed by atoms with Gasteiger partial charge in [0.05, 0.1) is 26.9 Å². The highest BCUT2D eigenvalue weighted by atomic mass is 127. The zero-order valence-electron chi connectivity index (χ0n) is 18.3. The lowest BCUT2D eigenvalue weighted by molar-refractivity contribution is -0.149. The van der Waals surface area contributed by atoms with Crippen LogP contribution in [0.4, 0.5) is 4.79 Å². The predicted molar refractivity (Wildman–Crippen MR) is 136 cm³/mol. The van der Waals surface area contributed by atoms with Gasteiger partial charge in [0.1, 0.15) is 17.2 Å². The van der Waals surface area contributed by atoms with Crippen molar-refractivity contribution in [3.05, 3.63) is 54.2 Å². The van der Waals surface area contributed by atoms with Gasteiger partial charge in [0.15, 0.2) is 6.61 Å². The highest BCUT2D eigenvalue weighted by Gasteiger charge is 2.34. The standard InChI is InChI=1S/C22H20I2N2O8/c1-11(2)33-18(27)10-32-19-14(23)6-12(7-15(19)24)8-16-20(28)26(22(30)25-16)9-13-4-5-17(34-13)21(29)31-3/h4-8,11H,9-10H2,1-3H3,(H,25,30)/b16-8-. The minimum absolute atomic E-state index is 0.0238. The molecule has 34 heavy (non-hydrogen) atoms. The molecule has 0 saturated carbocycles. The van der Waals surface area contributed by atoms with E-state index in [1.54, 1.807) is 32.1 Å². The van der Waals surface area contributed by atoms with Gasteiger partial charge < -0.3 is 23.9 Å². The van der Waals surface area contributed by atoms with Crippen LogP contribution < -0.4 is 10.1 Å². The summed E-state index contributed by atoms with van der Waals surface area (Å²) in [6, 6.07) is 5.81. The number of ether oxygens (including phenoxy) is 3. The van der Waals surface area contributed by atoms with E-state index in [-0.39, 0.29) is 36.5 Å². The summed E-state index contributed by atoms with van der Waals surface area (Å²) in [5.41, 5.74) is 0.743. The van der Waals surface area contributed by atoms with E-state index in [0.717, 1.165) is 4.90 Å². The number of hydrogen-bond acceptors (Lipinski definition) is 8. The minimum Gasteiger partial charge on any atom is -0.480 e. The molecule has 1 aromatic heterocycles. The first-order valence-corrected chi connectivity index (χ1v) is 12.1. The fraction of sp³-hybridized carbons (Fsp3) is 0.273. The molecule has 3 rings (SSSR count). The number of carbonyl (C=O) groups excluding carboxylic acids is 4. The molecule has 1 N–H and O–H groups in total. The zero-order chi connectivity index (χ0) is 25.0. The summed E-state index contributed by atoms with van der Waals surface area (Å²) in [6.45, 7) is 3.14. The molecule has 2 heterocycles. The molecule has 2 aromatic rings. The summed E-state index contributed by atoms with van der Waals surface area (Å²) in [6.07, 6.45) is 1.31. The number of esters is 2. The van der Waals surface area contributed by atoms with Crippen molar-refractivity contribution in [2.24, 2.45) is 0 Å². The lowest BCUT2D eigenvalue weighted by Crippen LogP contribution is -2.30. The maximum absolute atomic E-state index is 12.8. The highest BCUT2D eigenvalue weighted by Crippen LogP contribution is 2.30. The number of methoxy groups -OCH3 is 1. The van der Waals surface area contributed by atoms with E-state index < -0.39 is 23.9 Å². The van der Waals surface area contributed by atoms with Crippen LogP contribution in [0.3, 0.4) is 0 Å². The van der Waals surface area contributed by atoms with E-state index in [9.17, 15) is 19.2 Å². The van der Waals surface area contributed by atoms with Crippen LogP contribution in [0, 0.1) is 7.14 Å². The molecule has 180 valence electrons. The number of imide groups is 1. The number of benzene rings is 1. The monoisotopic (exact) mass is 694 g/mol. The van der Waals surface area contributed by atoms with Crippen LogP contribution in [0.25, 0.3) is 6.08 Å². The number of amides is 3. The van der Waals surface area contributed by atoms with Gasteiger partial charge in [-0.05, 0) is 94.9 Å². The predicted octanol–water partition coefficient (Wildman–Crippen LogP) is 3.70. The Morgan fingerprint density at radius 3 is 2.47 bits per heavy atom. The van der Waals surface area contributed by atoms with Gasteiger partial charge in [-0.3, -0.25) is 9.69 Å². The Hall–Kier alpha value is -2.62. The van der Waals surface area contributed by atoms with Crippen molar-refractivity contribution in [3.8, 4) is 5.75 Å². The topological polar surface area (TPSA) is 124 Å². The zero-order valence-corrected chi connectivity index (χ0v) is 22.7. The van der Waals surface area contributed by atoms with Gasteiger partial charge in [0.25, 0.3) is 5.91 Å². The van der Waals surface area contributed by atoms with Crippen molar-refractivity contribution in [1.82, 2.24) is 10.2 Å². The summed E-state index contributed by atoms with van der Waals surface area (Å²) >= 11 is 4.13. The van der Waals surface area contributed by atoms with Crippen LogP contribution in [-0.2, 0) is 25.6 Å². The van der Waals surface area contributed by atoms with Gasteiger partial charge in [-0.2, -0.15) is 0 Å². The number of nitrogens with one attached hydrogen (secondary N) is 1. The fourth-order valence-corrected chi connectivity index (χ4v) is 5.07. The van der Waals surface area contributed by atoms with E-state index in [1.807, 2.05) is 0 Å². The quantitative estimate of drug-likeness (QED) is 0.192. The molecule has 1 fully saturated rings. The number of urea groups is 1. The molecular weight excluding hydrogens is 674 g/mol. The van der Waals surface area contributed by atoms with Gasteiger partial charge in [-0.1, -0.05) is 0 Å². The molecule has 3 amide bonds. The van der Waals surface area contributed by atoms with Gasteiger partial charge in [0, 0.05) is 0 Å². The third-order valence-corrected chi connectivity index (χ3v) is 5.96. The second-order valence-corrected chi connectivity index (χ2v) is 9.60. The van der Waals surface area contributed by atoms with Crippen LogP contribution in [-0.4, -0.2) is 48.6 Å². The largest absolute Gasteiger partial charge is 0.480 e. The van der Waals surface area contributed by atoms with Gasteiger partial charge in [-0.15, -0.1) is 0 Å². The molecule has 0 spiro atoms. The van der Waals surface area contributed by atoms with E-state index in [0.29, 0.717) is 18.5 Å². The van der Waals surface area contributed by atoms with Crippen LogP contribution in [0.2, 0.25) is 0 Å². The van der Waals surface area contributed by atoms with E-state index in [2.05, 4.69) is 55.2 Å². The molecule has 0 aliphatic carbocycles. The third kappa shape index (κ3) is 6.28. The Kier molecular flexibility index (Phi) is 8.57. The molecular formula is C22H20I2N2O8. The highest BCUT2D eigenvalue weighted by molar-refractivity contribution is 14.1. The first-order chi connectivity index (χ1) is 16.1. The van der Waals surface area contributed by atoms with Crippen LogP contribution >= 0.6 is 45.2 Å². The van der Waals surface area contributed by atoms with Crippen molar-refractivity contribution >= 4 is 75.1 Å². The van der Waals surface area contributed by atoms with E-state index >= 15 is 0 Å². The second-order valence-electron chi connectivity index (χ2n) is 7.28. The summed E-state index contributed by atoms with van der Waals surface area (Å²) in [5.74, 6) is -0.912. The van der Waals surface area contributed by atoms with Crippen LogP contribution in [0.1, 0.15) is 35.7 Å². The number of furan rings is 1. The molecule has 10 nitrogen and oxygen atoms in total. The normalized spacial score (nSPS) is 14.5. The van der Waals surface area contributed by atoms with Crippen molar-refractivity contribution in [1.29, 1.82) is 0 Å². The lowest BCUT2D eigenvalue weighted by atomic mass is 10.2. The molecule has 0 radical (unpaired) electrons. The molecule has 0 atom stereocenters. The molecule has 0 unspecified atom stereocenters. The first-order valence-electron chi connectivity index (χ1n) is 9.92. The van der Waals surface area contributed by atoms with Gasteiger partial charge in [0.2, 0.25) is 5.76 Å². The summed E-state index contributed by atoms with van der Waals surface area (Å²) < 4.78 is 22.0. The Labute approximate surface area is 222 Å². The summed E-state index contributed by atoms with van der Waals surface area (Å²) in [5, 5.41) is 2.54. The first kappa shape index (κ1) is 26.0. The van der Waals surface area contributed by atoms with Crippen LogP contribution in [0.5, 0.6) is 5.75 Å². The number of halogens is 2. The average Bonchev–Trinajstić information content (AvgIpc) is 3.32. The number of carbonyl (C=O) groups is 4. The van der Waals surface area contributed by atoms with Crippen molar-refractivity contribution < 1.29 is 37.8 Å². The fourth-order valence-electron chi connectivity index (χ4n) is 2.94. The van der Waals surface area contributed by atoms with E-state index in [1.165, 1.54) is 19.2 Å². The molecule has 1 aliphatic heterocycles. The molecule has 0 bridgehead atoms. The van der Waals surface area contributed by atoms with Crippen molar-refractivity contribution in [2.75, 3.05) is 13.7 Å². The van der Waals surface area contributed by atoms with Gasteiger partial charge >= 0.3 is 18.0 Å². The number of hydrogen-bond donors (Lipinski definition) is 1. The Morgan fingerprint density at radius 1 is 1.18 bits per heavy atom. The number of nitrogens with zero attached hydrogens (tertiary/aromatic N) is 1. The summed E-state index contributed by atoms with van der Waals surface area (Å²) in [4.78, 5) is 49.4. The minimum atomic E-state index is -0.655. The average molecular weight is 694 g/mol. The molecule has 1 aromatic carbocycles. The van der Waals surface area contributed by atoms with Crippen LogP contribution in [0.15, 0.2) is 34.4 Å². The van der Waals surface area contributed by atoms with E-state index in [4.69, 9.17) is 13.9 Å².